The number of hydrogen-bond acceptors (Lipinski definition) is 7. The first-order valence-electron chi connectivity index (χ1n) is 7.10. The highest BCUT2D eigenvalue weighted by Crippen LogP contribution is 2.03. The van der Waals surface area contributed by atoms with E-state index < -0.39 is 18.5 Å². The summed E-state index contributed by atoms with van der Waals surface area (Å²) in [5.41, 5.74) is 0.195. The molecule has 23 heavy (non-hydrogen) atoms. The van der Waals surface area contributed by atoms with E-state index in [2.05, 4.69) is 10.1 Å². The van der Waals surface area contributed by atoms with Gasteiger partial charge in [-0.3, -0.25) is 18.8 Å². The summed E-state index contributed by atoms with van der Waals surface area (Å²) in [5, 5.41) is 4.34. The van der Waals surface area contributed by atoms with E-state index in [4.69, 9.17) is 9.47 Å². The summed E-state index contributed by atoms with van der Waals surface area (Å²) in [5.74, 6) is -1.20. The second kappa shape index (κ2) is 7.03. The minimum Gasteiger partial charge on any atom is -0.460 e. The molecule has 0 atom stereocenters. The molecule has 0 radical (unpaired) electrons. The number of hydrogen-bond donors (Lipinski definition) is 0. The molecule has 2 aromatic heterocycles. The average molecular weight is 322 g/mol. The highest BCUT2D eigenvalue weighted by Gasteiger charge is 2.12. The van der Waals surface area contributed by atoms with Crippen molar-refractivity contribution in [3.8, 4) is 0 Å². The van der Waals surface area contributed by atoms with Crippen LogP contribution in [0.25, 0.3) is 11.0 Å². The molecule has 9 nitrogen and oxygen atoms in total. The Hall–Kier alpha value is -2.71. The van der Waals surface area contributed by atoms with Crippen LogP contribution >= 0.6 is 0 Å². The summed E-state index contributed by atoms with van der Waals surface area (Å²) in [6.07, 6.45) is 2.47. The van der Waals surface area contributed by atoms with Gasteiger partial charge in [0.1, 0.15) is 5.39 Å². The van der Waals surface area contributed by atoms with Crippen LogP contribution in [-0.2, 0) is 32.7 Å². The Balaban J connectivity index is 1.91. The Labute approximate surface area is 131 Å². The molecule has 0 bridgehead atoms. The molecule has 0 aliphatic rings. The predicted molar refractivity (Wildman–Crippen MR) is 79.6 cm³/mol. The van der Waals surface area contributed by atoms with Crippen molar-refractivity contribution in [1.29, 1.82) is 0 Å². The van der Waals surface area contributed by atoms with Gasteiger partial charge in [0.05, 0.1) is 25.0 Å². The van der Waals surface area contributed by atoms with Crippen molar-refractivity contribution in [1.82, 2.24) is 19.3 Å². The standard InChI is InChI=1S/C14H18N4O5/c1-9(2)23-12(20)7-22-11(19)4-5-18-8-15-13-10(14(18)21)6-16-17(13)3/h6,8-9H,4-5,7H2,1-3H3. The molecule has 0 aliphatic carbocycles. The molecule has 0 spiro atoms. The number of aryl methyl sites for hydroxylation is 2. The van der Waals surface area contributed by atoms with E-state index in [1.165, 1.54) is 21.8 Å². The summed E-state index contributed by atoms with van der Waals surface area (Å²) < 4.78 is 12.4. The topological polar surface area (TPSA) is 105 Å². The van der Waals surface area contributed by atoms with Crippen LogP contribution in [0.15, 0.2) is 17.3 Å². The average Bonchev–Trinajstić information content (AvgIpc) is 2.86. The second-order valence-electron chi connectivity index (χ2n) is 5.20. The van der Waals surface area contributed by atoms with Crippen molar-refractivity contribution >= 4 is 23.0 Å². The molecular weight excluding hydrogens is 304 g/mol. The lowest BCUT2D eigenvalue weighted by Crippen LogP contribution is -2.24. The van der Waals surface area contributed by atoms with Crippen LogP contribution in [0, 0.1) is 0 Å². The maximum Gasteiger partial charge on any atom is 0.344 e. The van der Waals surface area contributed by atoms with Gasteiger partial charge in [0.25, 0.3) is 5.56 Å². The molecule has 124 valence electrons. The molecule has 0 saturated heterocycles. The van der Waals surface area contributed by atoms with Crippen LogP contribution in [0.4, 0.5) is 0 Å². The van der Waals surface area contributed by atoms with E-state index in [1.807, 2.05) is 0 Å². The number of nitrogens with zero attached hydrogens (tertiary/aromatic N) is 4. The Morgan fingerprint density at radius 2 is 2.04 bits per heavy atom. The lowest BCUT2D eigenvalue weighted by molar-refractivity contribution is -0.161. The first-order valence-corrected chi connectivity index (χ1v) is 7.10. The van der Waals surface area contributed by atoms with Crippen molar-refractivity contribution in [3.05, 3.63) is 22.9 Å². The summed E-state index contributed by atoms with van der Waals surface area (Å²) in [4.78, 5) is 39.2. The molecule has 0 aromatic carbocycles. The van der Waals surface area contributed by atoms with E-state index in [-0.39, 0.29) is 24.6 Å². The van der Waals surface area contributed by atoms with Crippen LogP contribution < -0.4 is 5.56 Å². The maximum atomic E-state index is 12.2. The van der Waals surface area contributed by atoms with Gasteiger partial charge in [0, 0.05) is 13.6 Å². The van der Waals surface area contributed by atoms with Gasteiger partial charge in [0.15, 0.2) is 12.3 Å². The van der Waals surface area contributed by atoms with Crippen molar-refractivity contribution < 1.29 is 19.1 Å². The minimum absolute atomic E-state index is 0.0533. The van der Waals surface area contributed by atoms with Crippen molar-refractivity contribution in [2.75, 3.05) is 6.61 Å². The summed E-state index contributed by atoms with van der Waals surface area (Å²) in [6.45, 7) is 3.07. The fraction of sp³-hybridized carbons (Fsp3) is 0.500. The fourth-order valence-corrected chi connectivity index (χ4v) is 1.95. The second-order valence-corrected chi connectivity index (χ2v) is 5.20. The first-order chi connectivity index (χ1) is 10.9. The number of aromatic nitrogens is 4. The zero-order valence-electron chi connectivity index (χ0n) is 13.2. The normalized spacial score (nSPS) is 11.0. The van der Waals surface area contributed by atoms with Gasteiger partial charge in [-0.15, -0.1) is 0 Å². The van der Waals surface area contributed by atoms with E-state index >= 15 is 0 Å². The number of fused-ring (bicyclic) bond motifs is 1. The molecule has 0 unspecified atom stereocenters. The van der Waals surface area contributed by atoms with E-state index in [0.29, 0.717) is 11.0 Å². The molecule has 0 amide bonds. The van der Waals surface area contributed by atoms with Gasteiger partial charge in [-0.2, -0.15) is 5.10 Å². The van der Waals surface area contributed by atoms with Crippen LogP contribution in [0.2, 0.25) is 0 Å². The Bertz CT molecular complexity index is 777. The maximum absolute atomic E-state index is 12.2. The lowest BCUT2D eigenvalue weighted by Gasteiger charge is -2.09. The third kappa shape index (κ3) is 4.15. The van der Waals surface area contributed by atoms with E-state index in [9.17, 15) is 14.4 Å². The molecule has 0 N–H and O–H groups in total. The zero-order valence-corrected chi connectivity index (χ0v) is 13.2. The summed E-state index contributed by atoms with van der Waals surface area (Å²) in [7, 11) is 1.69. The van der Waals surface area contributed by atoms with Crippen LogP contribution in [0.3, 0.4) is 0 Å². The predicted octanol–water partition coefficient (Wildman–Crippen LogP) is 0.0149. The lowest BCUT2D eigenvalue weighted by atomic mass is 10.4. The molecule has 0 aliphatic heterocycles. The number of ether oxygens (including phenoxy) is 2. The van der Waals surface area contributed by atoms with Gasteiger partial charge in [0.2, 0.25) is 0 Å². The highest BCUT2D eigenvalue weighted by atomic mass is 16.6. The zero-order chi connectivity index (χ0) is 17.0. The monoisotopic (exact) mass is 322 g/mol. The molecule has 2 rings (SSSR count). The Morgan fingerprint density at radius 3 is 2.74 bits per heavy atom. The molecule has 2 aromatic rings. The van der Waals surface area contributed by atoms with Gasteiger partial charge in [-0.25, -0.2) is 9.78 Å². The van der Waals surface area contributed by atoms with Crippen LogP contribution in [0.5, 0.6) is 0 Å². The molecule has 0 fully saturated rings. The number of carbonyl (C=O) groups excluding carboxylic acids is 2. The van der Waals surface area contributed by atoms with Crippen molar-refractivity contribution in [2.24, 2.45) is 7.05 Å². The van der Waals surface area contributed by atoms with Gasteiger partial charge < -0.3 is 9.47 Å². The van der Waals surface area contributed by atoms with Gasteiger partial charge in [-0.1, -0.05) is 0 Å². The molecule has 9 heteroatoms. The minimum atomic E-state index is -0.607. The van der Waals surface area contributed by atoms with Crippen LogP contribution in [-0.4, -0.2) is 44.0 Å². The van der Waals surface area contributed by atoms with Gasteiger partial charge in [-0.05, 0) is 13.8 Å². The largest absolute Gasteiger partial charge is 0.460 e. The highest BCUT2D eigenvalue weighted by molar-refractivity contribution is 5.76. The molecule has 2 heterocycles. The quantitative estimate of drug-likeness (QED) is 0.690. The van der Waals surface area contributed by atoms with E-state index in [1.54, 1.807) is 20.9 Å². The first kappa shape index (κ1) is 16.7. The number of rotatable bonds is 6. The van der Waals surface area contributed by atoms with Gasteiger partial charge >= 0.3 is 11.9 Å². The molecule has 0 saturated carbocycles. The van der Waals surface area contributed by atoms with Crippen molar-refractivity contribution in [3.63, 3.8) is 0 Å². The smallest absolute Gasteiger partial charge is 0.344 e. The number of carbonyl (C=O) groups is 2. The fourth-order valence-electron chi connectivity index (χ4n) is 1.95. The Morgan fingerprint density at radius 1 is 1.30 bits per heavy atom. The van der Waals surface area contributed by atoms with E-state index in [0.717, 1.165) is 0 Å². The summed E-state index contributed by atoms with van der Waals surface area (Å²) >= 11 is 0. The van der Waals surface area contributed by atoms with Crippen molar-refractivity contribution in [2.45, 2.75) is 32.9 Å². The third-order valence-electron chi connectivity index (χ3n) is 2.99. The molecular formula is C14H18N4O5. The SMILES string of the molecule is CC(C)OC(=O)COC(=O)CCn1cnc2c(cnn2C)c1=O. The third-order valence-corrected chi connectivity index (χ3v) is 2.99. The Kier molecular flexibility index (Phi) is 5.09. The number of esters is 2. The van der Waals surface area contributed by atoms with Crippen LogP contribution in [0.1, 0.15) is 20.3 Å². The summed E-state index contributed by atoms with van der Waals surface area (Å²) in [6, 6.07) is 0.